The van der Waals surface area contributed by atoms with Crippen LogP contribution in [0, 0.1) is 20.8 Å². The van der Waals surface area contributed by atoms with Crippen molar-refractivity contribution in [2.75, 3.05) is 7.05 Å². The van der Waals surface area contributed by atoms with Crippen LogP contribution in [0.25, 0.3) is 10.9 Å². The molecule has 1 amide bonds. The van der Waals surface area contributed by atoms with Crippen LogP contribution in [0.4, 0.5) is 0 Å². The van der Waals surface area contributed by atoms with Gasteiger partial charge in [0.1, 0.15) is 5.76 Å². The number of H-pyrrole nitrogens is 1. The van der Waals surface area contributed by atoms with Crippen molar-refractivity contribution in [3.63, 3.8) is 0 Å². The molecule has 0 aliphatic carbocycles. The summed E-state index contributed by atoms with van der Waals surface area (Å²) in [4.78, 5) is 14.3. The van der Waals surface area contributed by atoms with Gasteiger partial charge in [0.25, 0.3) is 5.91 Å². The predicted octanol–water partition coefficient (Wildman–Crippen LogP) is 2.75. The summed E-state index contributed by atoms with van der Waals surface area (Å²) < 4.78 is 5.14. The highest BCUT2D eigenvalue weighted by Crippen LogP contribution is 2.20. The van der Waals surface area contributed by atoms with E-state index in [0.717, 1.165) is 33.5 Å². The fourth-order valence-corrected chi connectivity index (χ4v) is 2.51. The van der Waals surface area contributed by atoms with Crippen LogP contribution in [0.15, 0.2) is 22.7 Å². The average Bonchev–Trinajstić information content (AvgIpc) is 3.04. The molecule has 0 aliphatic heterocycles. The summed E-state index contributed by atoms with van der Waals surface area (Å²) >= 11 is 0. The van der Waals surface area contributed by atoms with Gasteiger partial charge in [-0.15, -0.1) is 0 Å². The molecule has 3 aromatic rings. The molecule has 0 saturated carbocycles. The standard InChI is InChI=1S/C16H18N4O2/c1-9-5-6-14-12(7-9)15(18-17-14)16(21)20(4)8-13-10(2)19-22-11(13)3/h5-7H,8H2,1-4H3,(H,17,18). The highest BCUT2D eigenvalue weighted by molar-refractivity contribution is 6.04. The number of hydrogen-bond donors (Lipinski definition) is 1. The Hall–Kier alpha value is -2.63. The first kappa shape index (κ1) is 14.3. The lowest BCUT2D eigenvalue weighted by atomic mass is 10.1. The SMILES string of the molecule is Cc1ccc2[nH]nc(C(=O)N(C)Cc3c(C)noc3C)c2c1. The molecule has 0 unspecified atom stereocenters. The normalized spacial score (nSPS) is 11.1. The number of carbonyl (C=O) groups is 1. The third-order valence-corrected chi connectivity index (χ3v) is 3.84. The summed E-state index contributed by atoms with van der Waals surface area (Å²) in [5, 5.41) is 11.8. The first-order valence-corrected chi connectivity index (χ1v) is 7.09. The average molecular weight is 298 g/mol. The van der Waals surface area contributed by atoms with Gasteiger partial charge in [0.2, 0.25) is 0 Å². The van der Waals surface area contributed by atoms with E-state index in [1.165, 1.54) is 0 Å². The molecule has 0 spiro atoms. The number of nitrogens with zero attached hydrogens (tertiary/aromatic N) is 3. The molecule has 6 heteroatoms. The maximum atomic E-state index is 12.7. The Balaban J connectivity index is 1.90. The number of benzene rings is 1. The molecule has 1 aromatic carbocycles. The number of rotatable bonds is 3. The Bertz CT molecular complexity index is 828. The van der Waals surface area contributed by atoms with Crippen LogP contribution in [0.5, 0.6) is 0 Å². The van der Waals surface area contributed by atoms with Crippen molar-refractivity contribution in [2.45, 2.75) is 27.3 Å². The lowest BCUT2D eigenvalue weighted by Crippen LogP contribution is -2.27. The molecule has 0 fully saturated rings. The second-order valence-corrected chi connectivity index (χ2v) is 5.59. The first-order chi connectivity index (χ1) is 10.5. The van der Waals surface area contributed by atoms with Gasteiger partial charge in [-0.05, 0) is 32.9 Å². The van der Waals surface area contributed by atoms with Gasteiger partial charge < -0.3 is 9.42 Å². The largest absolute Gasteiger partial charge is 0.361 e. The van der Waals surface area contributed by atoms with E-state index in [4.69, 9.17) is 4.52 Å². The van der Waals surface area contributed by atoms with Crippen molar-refractivity contribution in [3.05, 3.63) is 46.5 Å². The molecular formula is C16H18N4O2. The van der Waals surface area contributed by atoms with Gasteiger partial charge in [-0.1, -0.05) is 16.8 Å². The molecule has 0 atom stereocenters. The number of amides is 1. The van der Waals surface area contributed by atoms with Crippen LogP contribution >= 0.6 is 0 Å². The molecule has 6 nitrogen and oxygen atoms in total. The molecule has 2 aromatic heterocycles. The summed E-state index contributed by atoms with van der Waals surface area (Å²) in [7, 11) is 1.75. The third kappa shape index (κ3) is 2.36. The molecule has 114 valence electrons. The molecule has 1 N–H and O–H groups in total. The molecule has 0 aliphatic rings. The number of carbonyl (C=O) groups excluding carboxylic acids is 1. The molecule has 0 saturated heterocycles. The predicted molar refractivity (Wildman–Crippen MR) is 82.6 cm³/mol. The Morgan fingerprint density at radius 3 is 2.77 bits per heavy atom. The van der Waals surface area contributed by atoms with Gasteiger partial charge in [0, 0.05) is 18.0 Å². The highest BCUT2D eigenvalue weighted by Gasteiger charge is 2.20. The van der Waals surface area contributed by atoms with Crippen LogP contribution in [0.3, 0.4) is 0 Å². The number of aromatic nitrogens is 3. The van der Waals surface area contributed by atoms with Crippen molar-refractivity contribution in [3.8, 4) is 0 Å². The van der Waals surface area contributed by atoms with Crippen LogP contribution in [-0.4, -0.2) is 33.2 Å². The van der Waals surface area contributed by atoms with Crippen molar-refractivity contribution in [1.82, 2.24) is 20.3 Å². The van der Waals surface area contributed by atoms with E-state index < -0.39 is 0 Å². The van der Waals surface area contributed by atoms with Gasteiger partial charge >= 0.3 is 0 Å². The zero-order valence-electron chi connectivity index (χ0n) is 13.1. The molecular weight excluding hydrogens is 280 g/mol. The monoisotopic (exact) mass is 298 g/mol. The van der Waals surface area contributed by atoms with Crippen LogP contribution in [0.1, 0.15) is 33.1 Å². The smallest absolute Gasteiger partial charge is 0.275 e. The number of nitrogens with one attached hydrogen (secondary N) is 1. The molecule has 2 heterocycles. The van der Waals surface area contributed by atoms with Crippen molar-refractivity contribution >= 4 is 16.8 Å². The molecule has 0 radical (unpaired) electrons. The van der Waals surface area contributed by atoms with Crippen LogP contribution in [-0.2, 0) is 6.54 Å². The highest BCUT2D eigenvalue weighted by atomic mass is 16.5. The van der Waals surface area contributed by atoms with E-state index in [1.54, 1.807) is 11.9 Å². The van der Waals surface area contributed by atoms with Gasteiger partial charge in [-0.2, -0.15) is 5.10 Å². The van der Waals surface area contributed by atoms with E-state index in [0.29, 0.717) is 12.2 Å². The van der Waals surface area contributed by atoms with E-state index in [-0.39, 0.29) is 5.91 Å². The Labute approximate surface area is 128 Å². The summed E-state index contributed by atoms with van der Waals surface area (Å²) in [5.41, 5.74) is 4.13. The zero-order valence-corrected chi connectivity index (χ0v) is 13.1. The minimum atomic E-state index is -0.128. The van der Waals surface area contributed by atoms with Crippen molar-refractivity contribution in [1.29, 1.82) is 0 Å². The summed E-state index contributed by atoms with van der Waals surface area (Å²) in [6.07, 6.45) is 0. The van der Waals surface area contributed by atoms with Gasteiger partial charge in [0.05, 0.1) is 17.8 Å². The lowest BCUT2D eigenvalue weighted by Gasteiger charge is -2.15. The minimum Gasteiger partial charge on any atom is -0.361 e. The quantitative estimate of drug-likeness (QED) is 0.806. The number of aryl methyl sites for hydroxylation is 3. The number of hydrogen-bond acceptors (Lipinski definition) is 4. The van der Waals surface area contributed by atoms with Gasteiger partial charge in [0.15, 0.2) is 5.69 Å². The summed E-state index contributed by atoms with van der Waals surface area (Å²) in [6, 6.07) is 5.89. The zero-order chi connectivity index (χ0) is 15.9. The maximum Gasteiger partial charge on any atom is 0.275 e. The third-order valence-electron chi connectivity index (χ3n) is 3.84. The molecule has 0 bridgehead atoms. The second-order valence-electron chi connectivity index (χ2n) is 5.59. The second kappa shape index (κ2) is 5.29. The van der Waals surface area contributed by atoms with Crippen molar-refractivity contribution < 1.29 is 9.32 Å². The van der Waals surface area contributed by atoms with Crippen LogP contribution in [0.2, 0.25) is 0 Å². The van der Waals surface area contributed by atoms with Crippen LogP contribution < -0.4 is 0 Å². The summed E-state index contributed by atoms with van der Waals surface area (Å²) in [6.45, 7) is 6.16. The lowest BCUT2D eigenvalue weighted by molar-refractivity contribution is 0.0780. The fourth-order valence-electron chi connectivity index (χ4n) is 2.51. The fraction of sp³-hybridized carbons (Fsp3) is 0.312. The Kier molecular flexibility index (Phi) is 3.44. The van der Waals surface area contributed by atoms with E-state index in [9.17, 15) is 4.79 Å². The van der Waals surface area contributed by atoms with E-state index >= 15 is 0 Å². The molecule has 3 rings (SSSR count). The topological polar surface area (TPSA) is 75.0 Å². The first-order valence-electron chi connectivity index (χ1n) is 7.09. The Morgan fingerprint density at radius 2 is 2.09 bits per heavy atom. The van der Waals surface area contributed by atoms with E-state index in [1.807, 2.05) is 39.0 Å². The maximum absolute atomic E-state index is 12.7. The number of aromatic amines is 1. The van der Waals surface area contributed by atoms with Crippen molar-refractivity contribution in [2.24, 2.45) is 0 Å². The minimum absolute atomic E-state index is 0.128. The Morgan fingerprint density at radius 1 is 1.32 bits per heavy atom. The van der Waals surface area contributed by atoms with Gasteiger partial charge in [-0.3, -0.25) is 9.89 Å². The number of fused-ring (bicyclic) bond motifs is 1. The van der Waals surface area contributed by atoms with E-state index in [2.05, 4.69) is 15.4 Å². The van der Waals surface area contributed by atoms with Gasteiger partial charge in [-0.25, -0.2) is 0 Å². The molecule has 22 heavy (non-hydrogen) atoms. The summed E-state index contributed by atoms with van der Waals surface area (Å²) in [5.74, 6) is 0.608.